The molecule has 0 saturated carbocycles. The van der Waals surface area contributed by atoms with Gasteiger partial charge in [-0.05, 0) is 19.1 Å². The Bertz CT molecular complexity index is 555. The normalized spacial score (nSPS) is 11.0. The predicted molar refractivity (Wildman–Crippen MR) is 107 cm³/mol. The van der Waals surface area contributed by atoms with Gasteiger partial charge in [-0.1, -0.05) is 35.9 Å². The van der Waals surface area contributed by atoms with Crippen molar-refractivity contribution in [3.8, 4) is 0 Å². The number of carbonyl (C=O) groups excluding carboxylic acids is 1. The van der Waals surface area contributed by atoms with Gasteiger partial charge in [-0.15, -0.1) is 19.7 Å². The molecule has 0 amide bonds. The number of esters is 1. The second kappa shape index (κ2) is 13.0. The van der Waals surface area contributed by atoms with E-state index >= 15 is 0 Å². The van der Waals surface area contributed by atoms with Crippen molar-refractivity contribution in [2.75, 3.05) is 46.2 Å². The van der Waals surface area contributed by atoms with Gasteiger partial charge in [0.2, 0.25) is 0 Å². The molecule has 1 aromatic carbocycles. The van der Waals surface area contributed by atoms with Crippen LogP contribution < -0.4 is 0 Å². The van der Waals surface area contributed by atoms with Crippen molar-refractivity contribution < 1.29 is 23.7 Å². The molecule has 5 nitrogen and oxygen atoms in total. The average molecular weight is 374 g/mol. The van der Waals surface area contributed by atoms with Gasteiger partial charge in [-0.3, -0.25) is 0 Å². The van der Waals surface area contributed by atoms with Gasteiger partial charge in [0, 0.05) is 0 Å². The molecule has 0 spiro atoms. The Kier molecular flexibility index (Phi) is 11.0. The van der Waals surface area contributed by atoms with Crippen molar-refractivity contribution in [1.82, 2.24) is 0 Å². The van der Waals surface area contributed by atoms with Crippen LogP contribution in [0.2, 0.25) is 0 Å². The fourth-order valence-electron chi connectivity index (χ4n) is 2.32. The minimum atomic E-state index is -0.643. The summed E-state index contributed by atoms with van der Waals surface area (Å²) >= 11 is 0. The molecule has 0 atom stereocenters. The maximum Gasteiger partial charge on any atom is 0.338 e. The van der Waals surface area contributed by atoms with Crippen LogP contribution in [0.15, 0.2) is 62.2 Å². The molecule has 0 saturated heterocycles. The van der Waals surface area contributed by atoms with E-state index in [1.807, 2.05) is 19.1 Å². The quantitative estimate of drug-likeness (QED) is 0.266. The number of aryl methyl sites for hydroxylation is 1. The Morgan fingerprint density at radius 2 is 1.30 bits per heavy atom. The van der Waals surface area contributed by atoms with Crippen LogP contribution in [0.4, 0.5) is 0 Å². The fourth-order valence-corrected chi connectivity index (χ4v) is 2.32. The first-order valence-electron chi connectivity index (χ1n) is 8.86. The number of ether oxygens (including phenoxy) is 4. The van der Waals surface area contributed by atoms with Crippen LogP contribution in [0, 0.1) is 12.3 Å². The minimum absolute atomic E-state index is 0.102. The third-order valence-corrected chi connectivity index (χ3v) is 3.73. The third-order valence-electron chi connectivity index (χ3n) is 3.73. The molecule has 1 rings (SSSR count). The van der Waals surface area contributed by atoms with Crippen molar-refractivity contribution in [3.63, 3.8) is 0 Å². The molecule has 1 aromatic rings. The molecule has 0 N–H and O–H groups in total. The molecule has 0 aromatic heterocycles. The first kappa shape index (κ1) is 22.8. The van der Waals surface area contributed by atoms with Gasteiger partial charge in [0.15, 0.2) is 0 Å². The van der Waals surface area contributed by atoms with Gasteiger partial charge in [0.25, 0.3) is 0 Å². The van der Waals surface area contributed by atoms with Crippen LogP contribution >= 0.6 is 0 Å². The highest BCUT2D eigenvalue weighted by atomic mass is 16.5. The summed E-state index contributed by atoms with van der Waals surface area (Å²) in [5, 5.41) is 0. The second-order valence-corrected chi connectivity index (χ2v) is 6.35. The van der Waals surface area contributed by atoms with Crippen molar-refractivity contribution in [3.05, 3.63) is 73.4 Å². The highest BCUT2D eigenvalue weighted by Crippen LogP contribution is 2.22. The number of benzene rings is 1. The zero-order valence-electron chi connectivity index (χ0n) is 16.2. The van der Waals surface area contributed by atoms with Crippen LogP contribution in [0.5, 0.6) is 0 Å². The van der Waals surface area contributed by atoms with E-state index in [2.05, 4.69) is 19.7 Å². The van der Waals surface area contributed by atoms with Crippen LogP contribution in [-0.2, 0) is 18.9 Å². The van der Waals surface area contributed by atoms with E-state index in [0.717, 1.165) is 5.56 Å². The van der Waals surface area contributed by atoms with Gasteiger partial charge in [-0.2, -0.15) is 0 Å². The van der Waals surface area contributed by atoms with Gasteiger partial charge < -0.3 is 18.9 Å². The first-order valence-corrected chi connectivity index (χ1v) is 8.86. The smallest absolute Gasteiger partial charge is 0.338 e. The van der Waals surface area contributed by atoms with E-state index in [1.165, 1.54) is 0 Å². The molecule has 0 fully saturated rings. The maximum absolute atomic E-state index is 12.4. The van der Waals surface area contributed by atoms with Crippen molar-refractivity contribution in [2.24, 2.45) is 5.41 Å². The summed E-state index contributed by atoms with van der Waals surface area (Å²) in [7, 11) is 0. The Morgan fingerprint density at radius 1 is 0.852 bits per heavy atom. The Morgan fingerprint density at radius 3 is 1.70 bits per heavy atom. The number of carbonyl (C=O) groups is 1. The molecule has 148 valence electrons. The lowest BCUT2D eigenvalue weighted by atomic mass is 9.92. The zero-order chi connectivity index (χ0) is 20.0. The van der Waals surface area contributed by atoms with Gasteiger partial charge in [0.05, 0.1) is 50.6 Å². The van der Waals surface area contributed by atoms with E-state index < -0.39 is 11.4 Å². The largest absolute Gasteiger partial charge is 0.461 e. The van der Waals surface area contributed by atoms with Crippen LogP contribution in [0.25, 0.3) is 0 Å². The minimum Gasteiger partial charge on any atom is -0.461 e. The lowest BCUT2D eigenvalue weighted by molar-refractivity contribution is -0.0865. The number of hydrogen-bond acceptors (Lipinski definition) is 5. The molecular weight excluding hydrogens is 344 g/mol. The molecule has 0 radical (unpaired) electrons. The summed E-state index contributed by atoms with van der Waals surface area (Å²) in [5.41, 5.74) is 0.935. The number of rotatable bonds is 15. The highest BCUT2D eigenvalue weighted by Gasteiger charge is 2.34. The van der Waals surface area contributed by atoms with Crippen molar-refractivity contribution in [2.45, 2.75) is 6.92 Å². The summed E-state index contributed by atoms with van der Waals surface area (Å²) in [6.45, 7) is 15.1. The van der Waals surface area contributed by atoms with Crippen LogP contribution in [-0.4, -0.2) is 52.2 Å². The van der Waals surface area contributed by atoms with Crippen molar-refractivity contribution in [1.29, 1.82) is 0 Å². The fraction of sp³-hybridized carbons (Fsp3) is 0.409. The summed E-state index contributed by atoms with van der Waals surface area (Å²) < 4.78 is 22.5. The van der Waals surface area contributed by atoms with Crippen molar-refractivity contribution >= 4 is 5.97 Å². The summed E-state index contributed by atoms with van der Waals surface area (Å²) in [4.78, 5) is 12.4. The summed E-state index contributed by atoms with van der Waals surface area (Å²) in [6, 6.07) is 7.24. The average Bonchev–Trinajstić information content (AvgIpc) is 2.67. The van der Waals surface area contributed by atoms with Gasteiger partial charge >= 0.3 is 5.97 Å². The van der Waals surface area contributed by atoms with E-state index in [-0.39, 0.29) is 6.61 Å². The molecule has 0 unspecified atom stereocenters. The van der Waals surface area contributed by atoms with Gasteiger partial charge in [0.1, 0.15) is 6.61 Å². The van der Waals surface area contributed by atoms with Crippen LogP contribution in [0.3, 0.4) is 0 Å². The Labute approximate surface area is 162 Å². The zero-order valence-corrected chi connectivity index (χ0v) is 16.2. The standard InChI is InChI=1S/C22H30O5/c1-5-12-24-15-22(16-25-13-6-2,17-26-14-7-3)18-27-21(23)20-10-8-19(4)9-11-20/h5-11H,1-3,12-18H2,4H3. The molecular formula is C22H30O5. The topological polar surface area (TPSA) is 54.0 Å². The summed E-state index contributed by atoms with van der Waals surface area (Å²) in [5.74, 6) is -0.393. The summed E-state index contributed by atoms with van der Waals surface area (Å²) in [6.07, 6.45) is 4.99. The van der Waals surface area contributed by atoms with E-state index in [0.29, 0.717) is 45.2 Å². The maximum atomic E-state index is 12.4. The van der Waals surface area contributed by atoms with Gasteiger partial charge in [-0.25, -0.2) is 4.79 Å². The molecule has 5 heteroatoms. The van der Waals surface area contributed by atoms with E-state index in [1.54, 1.807) is 30.4 Å². The lowest BCUT2D eigenvalue weighted by Crippen LogP contribution is -2.42. The first-order chi connectivity index (χ1) is 13.1. The lowest BCUT2D eigenvalue weighted by Gasteiger charge is -2.32. The number of hydrogen-bond donors (Lipinski definition) is 0. The Balaban J connectivity index is 2.83. The predicted octanol–water partition coefficient (Wildman–Crippen LogP) is 3.75. The SMILES string of the molecule is C=CCOCC(COCC=C)(COCC=C)COC(=O)c1ccc(C)cc1. The Hall–Kier alpha value is -2.21. The molecule has 0 heterocycles. The third kappa shape index (κ3) is 8.82. The monoisotopic (exact) mass is 374 g/mol. The van der Waals surface area contributed by atoms with Crippen LogP contribution in [0.1, 0.15) is 15.9 Å². The molecule has 0 aliphatic heterocycles. The second-order valence-electron chi connectivity index (χ2n) is 6.35. The van der Waals surface area contributed by atoms with E-state index in [9.17, 15) is 4.79 Å². The van der Waals surface area contributed by atoms with E-state index in [4.69, 9.17) is 18.9 Å². The molecule has 0 aliphatic rings. The highest BCUT2D eigenvalue weighted by molar-refractivity contribution is 5.89. The molecule has 0 aliphatic carbocycles. The molecule has 27 heavy (non-hydrogen) atoms. The molecule has 0 bridgehead atoms.